The van der Waals surface area contributed by atoms with Gasteiger partial charge >= 0.3 is 5.97 Å². The number of fused-ring (bicyclic) bond motifs is 1. The van der Waals surface area contributed by atoms with Gasteiger partial charge in [-0.3, -0.25) is 9.48 Å². The predicted octanol–water partition coefficient (Wildman–Crippen LogP) is 3.09. The maximum atomic E-state index is 10.9. The fraction of sp³-hybridized carbons (Fsp3) is 0.385. The Balaban J connectivity index is 2.53. The number of aromatic nitrogens is 2. The monoisotopic (exact) mass is 310 g/mol. The maximum Gasteiger partial charge on any atom is 0.304 e. The van der Waals surface area contributed by atoms with Gasteiger partial charge in [0.05, 0.1) is 11.9 Å². The molecule has 0 radical (unpaired) electrons. The van der Waals surface area contributed by atoms with Crippen molar-refractivity contribution in [3.8, 4) is 0 Å². The average Bonchev–Trinajstić information content (AvgIpc) is 2.53. The number of carboxylic acids is 1. The quantitative estimate of drug-likeness (QED) is 0.947. The van der Waals surface area contributed by atoms with Gasteiger partial charge in [0, 0.05) is 17.8 Å². The van der Waals surface area contributed by atoms with Crippen LogP contribution in [0, 0.1) is 0 Å². The molecule has 18 heavy (non-hydrogen) atoms. The van der Waals surface area contributed by atoms with Crippen LogP contribution in [0.3, 0.4) is 0 Å². The zero-order valence-corrected chi connectivity index (χ0v) is 12.2. The topological polar surface area (TPSA) is 55.1 Å². The molecule has 1 heterocycles. The summed E-state index contributed by atoms with van der Waals surface area (Å²) in [6, 6.07) is 5.96. The molecule has 0 atom stereocenters. The lowest BCUT2D eigenvalue weighted by molar-refractivity contribution is -0.138. The zero-order valence-electron chi connectivity index (χ0n) is 10.6. The number of carboxylic acid groups (broad SMARTS) is 1. The number of hydrogen-bond acceptors (Lipinski definition) is 2. The minimum Gasteiger partial charge on any atom is -0.481 e. The summed E-state index contributed by atoms with van der Waals surface area (Å²) in [5.41, 5.74) is 1.61. The number of carbonyl (C=O) groups is 1. The minimum atomic E-state index is -0.786. The molecular weight excluding hydrogens is 296 g/mol. The molecular formula is C13H15BrN2O2. The van der Waals surface area contributed by atoms with Gasteiger partial charge in [-0.25, -0.2) is 0 Å². The molecule has 4 nitrogen and oxygen atoms in total. The second-order valence-corrected chi connectivity index (χ2v) is 5.85. The van der Waals surface area contributed by atoms with Crippen LogP contribution >= 0.6 is 15.9 Å². The lowest BCUT2D eigenvalue weighted by Gasteiger charge is -2.23. The highest BCUT2D eigenvalue weighted by Gasteiger charge is 2.24. The van der Waals surface area contributed by atoms with Crippen LogP contribution in [0.25, 0.3) is 10.9 Å². The third-order valence-corrected chi connectivity index (χ3v) is 3.77. The van der Waals surface area contributed by atoms with Crippen molar-refractivity contribution >= 4 is 32.8 Å². The highest BCUT2D eigenvalue weighted by Crippen LogP contribution is 2.31. The molecule has 0 amide bonds. The molecule has 0 saturated carbocycles. The summed E-state index contributed by atoms with van der Waals surface area (Å²) in [6.07, 6.45) is 0.109. The Labute approximate surface area is 114 Å². The van der Waals surface area contributed by atoms with Crippen LogP contribution in [0.2, 0.25) is 0 Å². The molecule has 5 heteroatoms. The van der Waals surface area contributed by atoms with E-state index in [0.29, 0.717) is 0 Å². The van der Waals surface area contributed by atoms with Gasteiger partial charge < -0.3 is 5.11 Å². The van der Waals surface area contributed by atoms with E-state index >= 15 is 0 Å². The van der Waals surface area contributed by atoms with Gasteiger partial charge in [-0.1, -0.05) is 19.9 Å². The molecule has 0 saturated heterocycles. The van der Waals surface area contributed by atoms with Gasteiger partial charge in [-0.2, -0.15) is 5.10 Å². The van der Waals surface area contributed by atoms with Crippen molar-refractivity contribution in [3.63, 3.8) is 0 Å². The summed E-state index contributed by atoms with van der Waals surface area (Å²) < 4.78 is 2.60. The summed E-state index contributed by atoms with van der Waals surface area (Å²) in [4.78, 5) is 10.9. The van der Waals surface area contributed by atoms with Crippen LogP contribution < -0.4 is 0 Å². The molecule has 0 fully saturated rings. The summed E-state index contributed by atoms with van der Waals surface area (Å²) in [5.74, 6) is -0.786. The van der Waals surface area contributed by atoms with E-state index in [1.807, 2.05) is 39.1 Å². The zero-order chi connectivity index (χ0) is 13.5. The van der Waals surface area contributed by atoms with Crippen molar-refractivity contribution in [2.75, 3.05) is 0 Å². The Morgan fingerprint density at radius 1 is 1.50 bits per heavy atom. The second kappa shape index (κ2) is 4.39. The van der Waals surface area contributed by atoms with Crippen molar-refractivity contribution in [2.24, 2.45) is 7.05 Å². The second-order valence-electron chi connectivity index (χ2n) is 5.10. The smallest absolute Gasteiger partial charge is 0.304 e. The average molecular weight is 311 g/mol. The number of halogens is 1. The lowest BCUT2D eigenvalue weighted by Crippen LogP contribution is -2.21. The Hall–Kier alpha value is -1.36. The standard InChI is InChI=1S/C13H15BrN2O2/c1-13(2,7-11(17)18)8-4-5-9-10(6-8)16(3)15-12(9)14/h4-6H,7H2,1-3H3,(H,17,18). The first-order valence-electron chi connectivity index (χ1n) is 5.66. The summed E-state index contributed by atoms with van der Waals surface area (Å²) in [5, 5.41) is 14.3. The SMILES string of the molecule is Cn1nc(Br)c2ccc(C(C)(C)CC(=O)O)cc21. The summed E-state index contributed by atoms with van der Waals surface area (Å²) in [6.45, 7) is 3.88. The molecule has 0 spiro atoms. The molecule has 1 aromatic carbocycles. The normalized spacial score (nSPS) is 12.0. The van der Waals surface area contributed by atoms with E-state index in [9.17, 15) is 4.79 Å². The Kier molecular flexibility index (Phi) is 3.19. The molecule has 0 bridgehead atoms. The fourth-order valence-electron chi connectivity index (χ4n) is 2.11. The molecule has 0 aliphatic rings. The van der Waals surface area contributed by atoms with Gasteiger partial charge in [0.2, 0.25) is 0 Å². The van der Waals surface area contributed by atoms with Crippen molar-refractivity contribution in [1.82, 2.24) is 9.78 Å². The fourth-order valence-corrected chi connectivity index (χ4v) is 2.69. The molecule has 2 aromatic rings. The van der Waals surface area contributed by atoms with E-state index in [4.69, 9.17) is 5.11 Å². The number of nitrogens with zero attached hydrogens (tertiary/aromatic N) is 2. The van der Waals surface area contributed by atoms with E-state index in [1.54, 1.807) is 4.68 Å². The van der Waals surface area contributed by atoms with Crippen LogP contribution in [-0.2, 0) is 17.3 Å². The largest absolute Gasteiger partial charge is 0.481 e. The summed E-state index contributed by atoms with van der Waals surface area (Å²) in [7, 11) is 1.88. The number of hydrogen-bond donors (Lipinski definition) is 1. The minimum absolute atomic E-state index is 0.109. The molecule has 0 aliphatic heterocycles. The third-order valence-electron chi connectivity index (χ3n) is 3.18. The van der Waals surface area contributed by atoms with Gasteiger partial charge in [0.15, 0.2) is 0 Å². The highest BCUT2D eigenvalue weighted by molar-refractivity contribution is 9.10. The molecule has 0 aliphatic carbocycles. The van der Waals surface area contributed by atoms with Gasteiger partial charge in [0.1, 0.15) is 4.60 Å². The van der Waals surface area contributed by atoms with Crippen LogP contribution in [0.1, 0.15) is 25.8 Å². The molecule has 96 valence electrons. The first kappa shape index (κ1) is 13.1. The van der Waals surface area contributed by atoms with Crippen LogP contribution in [0.4, 0.5) is 0 Å². The first-order valence-corrected chi connectivity index (χ1v) is 6.45. The molecule has 2 rings (SSSR count). The Morgan fingerprint density at radius 3 is 2.78 bits per heavy atom. The maximum absolute atomic E-state index is 10.9. The van der Waals surface area contributed by atoms with Crippen LogP contribution in [0.15, 0.2) is 22.8 Å². The molecule has 1 N–H and O–H groups in total. The van der Waals surface area contributed by atoms with Gasteiger partial charge in [-0.05, 0) is 33.6 Å². The van der Waals surface area contributed by atoms with E-state index in [0.717, 1.165) is 21.1 Å². The van der Waals surface area contributed by atoms with E-state index in [2.05, 4.69) is 21.0 Å². The van der Waals surface area contributed by atoms with Gasteiger partial charge in [0.25, 0.3) is 0 Å². The van der Waals surface area contributed by atoms with E-state index in [1.165, 1.54) is 0 Å². The number of aryl methyl sites for hydroxylation is 1. The van der Waals surface area contributed by atoms with Crippen molar-refractivity contribution in [3.05, 3.63) is 28.4 Å². The third kappa shape index (κ3) is 2.27. The van der Waals surface area contributed by atoms with E-state index in [-0.39, 0.29) is 6.42 Å². The Morgan fingerprint density at radius 2 is 2.17 bits per heavy atom. The summed E-state index contributed by atoms with van der Waals surface area (Å²) >= 11 is 3.41. The Bertz CT molecular complexity index is 617. The van der Waals surface area contributed by atoms with Crippen molar-refractivity contribution < 1.29 is 9.90 Å². The number of rotatable bonds is 3. The van der Waals surface area contributed by atoms with Crippen molar-refractivity contribution in [1.29, 1.82) is 0 Å². The van der Waals surface area contributed by atoms with E-state index < -0.39 is 11.4 Å². The molecule has 1 aromatic heterocycles. The lowest BCUT2D eigenvalue weighted by atomic mass is 9.81. The van der Waals surface area contributed by atoms with Crippen LogP contribution in [0.5, 0.6) is 0 Å². The predicted molar refractivity (Wildman–Crippen MR) is 73.7 cm³/mol. The number of aliphatic carboxylic acids is 1. The van der Waals surface area contributed by atoms with Gasteiger partial charge in [-0.15, -0.1) is 0 Å². The van der Waals surface area contributed by atoms with Crippen molar-refractivity contribution in [2.45, 2.75) is 25.7 Å². The van der Waals surface area contributed by atoms with Crippen LogP contribution in [-0.4, -0.2) is 20.9 Å². The number of benzene rings is 1. The molecule has 0 unspecified atom stereocenters. The highest BCUT2D eigenvalue weighted by atomic mass is 79.9. The first-order chi connectivity index (χ1) is 8.31.